The fourth-order valence-corrected chi connectivity index (χ4v) is 12.7. The average Bonchev–Trinajstić information content (AvgIpc) is 0.861. The molecule has 0 radical (unpaired) electrons. The van der Waals surface area contributed by atoms with Gasteiger partial charge in [0.15, 0.2) is 0 Å². The van der Waals surface area contributed by atoms with E-state index in [-0.39, 0.29) is 61.5 Å². The van der Waals surface area contributed by atoms with Crippen LogP contribution in [0.5, 0.6) is 0 Å². The van der Waals surface area contributed by atoms with Crippen LogP contribution in [-0.4, -0.2) is 263 Å². The molecule has 13 atom stereocenters. The molecule has 1 fully saturated rings. The molecule has 11 amide bonds. The van der Waals surface area contributed by atoms with Crippen molar-refractivity contribution in [1.82, 2.24) is 60.5 Å². The Bertz CT molecular complexity index is 2490. The molecule has 1 aliphatic heterocycles. The molecule has 0 unspecified atom stereocenters. The van der Waals surface area contributed by atoms with E-state index in [1.165, 1.54) is 104 Å². The van der Waals surface area contributed by atoms with Crippen LogP contribution in [0.3, 0.4) is 0 Å². The molecule has 0 aromatic heterocycles. The molecular formula is C67H122N12O12S. The van der Waals surface area contributed by atoms with Gasteiger partial charge < -0.3 is 65.6 Å². The number of allylic oxidation sites excluding steroid dienone is 2. The van der Waals surface area contributed by atoms with Gasteiger partial charge in [-0.15, -0.1) is 0 Å². The van der Waals surface area contributed by atoms with Gasteiger partial charge in [-0.05, 0) is 115 Å². The molecule has 0 aromatic carbocycles. The third-order valence-electron chi connectivity index (χ3n) is 17.3. The first kappa shape index (κ1) is 84.2. The van der Waals surface area contributed by atoms with Crippen LogP contribution < -0.4 is 21.3 Å². The summed E-state index contributed by atoms with van der Waals surface area (Å²) in [4.78, 5) is 174. The number of nitrogens with one attached hydrogen (secondary N) is 4. The normalized spacial score (nSPS) is 26.7. The van der Waals surface area contributed by atoms with Gasteiger partial charge in [-0.1, -0.05) is 109 Å². The number of hydrogen-bond donors (Lipinski definition) is 5. The van der Waals surface area contributed by atoms with Gasteiger partial charge in [0.1, 0.15) is 66.5 Å². The van der Waals surface area contributed by atoms with Gasteiger partial charge in [-0.2, -0.15) is 11.8 Å². The van der Waals surface area contributed by atoms with Gasteiger partial charge in [0.25, 0.3) is 0 Å². The maximum atomic E-state index is 15.3. The molecule has 0 aliphatic carbocycles. The standard InChI is InChI=1S/C67H122N12O12S/c1-27-29-30-44(15)56(80)55-60(84)70-47(28-2)62(86)77(24)52(37-92-32-31-72(18)19)65(89)73(20)49(34-39(5)6)59(83)71-53(42(11)12)66(90)74(21)48(33-38(3)4)58(82)68-45(16)57(81)69-46(17)61(85)75(22)50(35-40(7)8)63(87)76(23)51(36-41(9)10)64(88)78(25)54(43(13)14)67(91)79(55)26/h27,29,38-56,80H,28,30-37H2,1-26H3,(H,68,82)(H,69,81)(H,70,84)(H,71,83)/b29-27+/t44-,45+,46+,47+,48+,49+,50+,51+,52+,53+,54+,55+,56-/m1/s1. The van der Waals surface area contributed by atoms with Gasteiger partial charge in [-0.3, -0.25) is 52.7 Å². The molecule has 0 bridgehead atoms. The number of aliphatic hydroxyl groups is 1. The lowest BCUT2D eigenvalue weighted by Crippen LogP contribution is -2.64. The number of nitrogens with zero attached hydrogens (tertiary/aromatic N) is 8. The average molecular weight is 1320 g/mol. The molecule has 24 nitrogen and oxygen atoms in total. The van der Waals surface area contributed by atoms with E-state index in [9.17, 15) is 29.1 Å². The van der Waals surface area contributed by atoms with Crippen molar-refractivity contribution in [2.24, 2.45) is 41.4 Å². The number of rotatable bonds is 20. The number of carbonyl (C=O) groups is 11. The minimum absolute atomic E-state index is 0.00947. The second-order valence-electron chi connectivity index (χ2n) is 28.2. The van der Waals surface area contributed by atoms with Crippen molar-refractivity contribution in [1.29, 1.82) is 0 Å². The zero-order valence-electron chi connectivity index (χ0n) is 60.9. The summed E-state index contributed by atoms with van der Waals surface area (Å²) in [6.45, 7) is 30.7. The second-order valence-corrected chi connectivity index (χ2v) is 29.3. The summed E-state index contributed by atoms with van der Waals surface area (Å²) in [5, 5.41) is 23.5. The predicted octanol–water partition coefficient (Wildman–Crippen LogP) is 3.93. The van der Waals surface area contributed by atoms with Crippen molar-refractivity contribution < 1.29 is 57.8 Å². The van der Waals surface area contributed by atoms with Crippen LogP contribution >= 0.6 is 11.8 Å². The van der Waals surface area contributed by atoms with Gasteiger partial charge in [0.05, 0.1) is 6.10 Å². The van der Waals surface area contributed by atoms with Crippen molar-refractivity contribution >= 4 is 76.7 Å². The van der Waals surface area contributed by atoms with Crippen molar-refractivity contribution in [2.75, 3.05) is 81.5 Å². The Labute approximate surface area is 556 Å². The van der Waals surface area contributed by atoms with Crippen LogP contribution in [0.4, 0.5) is 0 Å². The Morgan fingerprint density at radius 3 is 1.32 bits per heavy atom. The summed E-state index contributed by atoms with van der Waals surface area (Å²) in [5.41, 5.74) is 0. The summed E-state index contributed by atoms with van der Waals surface area (Å²) < 4.78 is 0. The molecule has 1 saturated heterocycles. The fourth-order valence-electron chi connectivity index (χ4n) is 11.4. The largest absolute Gasteiger partial charge is 0.390 e. The molecule has 528 valence electrons. The van der Waals surface area contributed by atoms with Crippen LogP contribution in [0.15, 0.2) is 12.2 Å². The van der Waals surface area contributed by atoms with Crippen LogP contribution in [-0.2, 0) is 52.7 Å². The molecule has 5 N–H and O–H groups in total. The molecule has 25 heteroatoms. The lowest BCUT2D eigenvalue weighted by Gasteiger charge is -2.41. The molecule has 1 rings (SSSR count). The number of likely N-dealkylation sites (N-methyl/N-ethyl adjacent to an activating group) is 7. The molecule has 1 aliphatic rings. The van der Waals surface area contributed by atoms with Crippen molar-refractivity contribution in [3.63, 3.8) is 0 Å². The number of amides is 11. The fraction of sp³-hybridized carbons (Fsp3) is 0.806. The summed E-state index contributed by atoms with van der Waals surface area (Å²) in [6, 6.07) is -13.7. The van der Waals surface area contributed by atoms with Crippen molar-refractivity contribution in [2.45, 2.75) is 229 Å². The van der Waals surface area contributed by atoms with E-state index in [0.29, 0.717) is 18.7 Å². The number of hydrogen-bond acceptors (Lipinski definition) is 14. The number of aliphatic hydroxyl groups excluding tert-OH is 1. The Morgan fingerprint density at radius 2 is 0.870 bits per heavy atom. The van der Waals surface area contributed by atoms with Crippen LogP contribution in [0.25, 0.3) is 0 Å². The molecule has 0 saturated carbocycles. The highest BCUT2D eigenvalue weighted by atomic mass is 32.2. The van der Waals surface area contributed by atoms with E-state index in [1.807, 2.05) is 87.4 Å². The van der Waals surface area contributed by atoms with E-state index < -0.39 is 155 Å². The Balaban J connectivity index is 4.53. The van der Waals surface area contributed by atoms with E-state index in [1.54, 1.807) is 47.6 Å². The molecular weight excluding hydrogens is 1200 g/mol. The predicted molar refractivity (Wildman–Crippen MR) is 363 cm³/mol. The van der Waals surface area contributed by atoms with Crippen LogP contribution in [0.2, 0.25) is 0 Å². The monoisotopic (exact) mass is 1320 g/mol. The quantitative estimate of drug-likeness (QED) is 0.0854. The van der Waals surface area contributed by atoms with E-state index >= 15 is 28.8 Å². The van der Waals surface area contributed by atoms with Gasteiger partial charge >= 0.3 is 0 Å². The van der Waals surface area contributed by atoms with Crippen LogP contribution in [0.1, 0.15) is 156 Å². The number of carbonyl (C=O) groups excluding carboxylic acids is 11. The van der Waals surface area contributed by atoms with Crippen molar-refractivity contribution in [3.8, 4) is 0 Å². The molecule has 0 spiro atoms. The second kappa shape index (κ2) is 39.1. The SMILES string of the molecule is C/C=C/C[C@@H](C)[C@@H](O)[C@H]1C(=O)N[C@@H](CC)C(=O)N(C)[C@@H](CSCCN(C)C)C(=O)N(C)[C@@H](CC(C)C)C(=O)N[C@@H](C(C)C)C(=O)N(C)[C@@H](CC(C)C)C(=O)N[C@@H](C)C(=O)N[C@@H](C)C(=O)N(C)[C@@H](CC(C)C)C(=O)N(C)[C@@H](CC(C)C)C(=O)N(C)[C@@H](C(C)C)C(=O)N1C. The topological polar surface area (TPSA) is 282 Å². The van der Waals surface area contributed by atoms with E-state index in [2.05, 4.69) is 21.3 Å². The Morgan fingerprint density at radius 1 is 0.467 bits per heavy atom. The third kappa shape index (κ3) is 24.2. The van der Waals surface area contributed by atoms with Gasteiger partial charge in [0.2, 0.25) is 65.0 Å². The first-order valence-electron chi connectivity index (χ1n) is 33.1. The number of thioether (sulfide) groups is 1. The van der Waals surface area contributed by atoms with Gasteiger partial charge in [0, 0.05) is 67.4 Å². The van der Waals surface area contributed by atoms with E-state index in [0.717, 1.165) is 4.90 Å². The summed E-state index contributed by atoms with van der Waals surface area (Å²) in [6.07, 6.45) is 3.00. The zero-order valence-corrected chi connectivity index (χ0v) is 61.7. The minimum atomic E-state index is -1.63. The van der Waals surface area contributed by atoms with Crippen LogP contribution in [0, 0.1) is 41.4 Å². The maximum Gasteiger partial charge on any atom is 0.246 e. The summed E-state index contributed by atoms with van der Waals surface area (Å²) >= 11 is 1.41. The Kier molecular flexibility index (Phi) is 35.8. The molecule has 1 heterocycles. The van der Waals surface area contributed by atoms with E-state index in [4.69, 9.17) is 0 Å². The first-order valence-corrected chi connectivity index (χ1v) is 34.3. The highest BCUT2D eigenvalue weighted by Gasteiger charge is 2.46. The smallest absolute Gasteiger partial charge is 0.246 e. The zero-order chi connectivity index (χ0) is 71.3. The third-order valence-corrected chi connectivity index (χ3v) is 18.4. The lowest BCUT2D eigenvalue weighted by atomic mass is 9.91. The minimum Gasteiger partial charge on any atom is -0.390 e. The summed E-state index contributed by atoms with van der Waals surface area (Å²) in [5.74, 6) is -9.09. The van der Waals surface area contributed by atoms with Gasteiger partial charge in [-0.25, -0.2) is 0 Å². The molecule has 0 aromatic rings. The first-order chi connectivity index (χ1) is 42.5. The highest BCUT2D eigenvalue weighted by Crippen LogP contribution is 2.26. The lowest BCUT2D eigenvalue weighted by molar-refractivity contribution is -0.157. The summed E-state index contributed by atoms with van der Waals surface area (Å²) in [7, 11) is 13.9. The highest BCUT2D eigenvalue weighted by molar-refractivity contribution is 7.99. The molecule has 92 heavy (non-hydrogen) atoms. The maximum absolute atomic E-state index is 15.3. The Hall–Kier alpha value is -5.82. The van der Waals surface area contributed by atoms with Crippen molar-refractivity contribution in [3.05, 3.63) is 12.2 Å².